The van der Waals surface area contributed by atoms with E-state index in [1.54, 1.807) is 6.92 Å². The Morgan fingerprint density at radius 2 is 1.90 bits per heavy atom. The van der Waals surface area contributed by atoms with E-state index in [0.29, 0.717) is 17.3 Å². The first-order chi connectivity index (χ1) is 13.9. The fourth-order valence-corrected chi connectivity index (χ4v) is 3.69. The number of fused-ring (bicyclic) bond motifs is 1. The molecule has 29 heavy (non-hydrogen) atoms. The highest BCUT2D eigenvalue weighted by molar-refractivity contribution is 6.65. The molecule has 0 radical (unpaired) electrons. The molecule has 1 aliphatic heterocycles. The fourth-order valence-electron chi connectivity index (χ4n) is 3.46. The number of nitrogens with zero attached hydrogens (tertiary/aromatic N) is 5. The molecule has 0 unspecified atom stereocenters. The summed E-state index contributed by atoms with van der Waals surface area (Å²) in [6.45, 7) is 11.2. The number of hydrogen-bond acceptors (Lipinski definition) is 4. The van der Waals surface area contributed by atoms with Crippen LogP contribution in [0.1, 0.15) is 12.5 Å². The highest BCUT2D eigenvalue weighted by Gasteiger charge is 2.15. The lowest BCUT2D eigenvalue weighted by Crippen LogP contribution is -2.45. The highest BCUT2D eigenvalue weighted by atomic mass is 35.5. The first kappa shape index (κ1) is 21.8. The van der Waals surface area contributed by atoms with Crippen LogP contribution < -0.4 is 4.74 Å². The predicted molar refractivity (Wildman–Crippen MR) is 124 cm³/mol. The minimum absolute atomic E-state index is 0.0564. The Balaban J connectivity index is 1.76. The van der Waals surface area contributed by atoms with Gasteiger partial charge in [0.25, 0.3) is 0 Å². The summed E-state index contributed by atoms with van der Waals surface area (Å²) in [6.07, 6.45) is 1.98. The van der Waals surface area contributed by atoms with E-state index < -0.39 is 0 Å². The highest BCUT2D eigenvalue weighted by Crippen LogP contribution is 2.33. The summed E-state index contributed by atoms with van der Waals surface area (Å²) in [5.41, 5.74) is 2.50. The Morgan fingerprint density at radius 1 is 1.17 bits per heavy atom. The van der Waals surface area contributed by atoms with Crippen LogP contribution in [0.2, 0.25) is 0 Å². The topological polar surface area (TPSA) is 45.4 Å². The van der Waals surface area contributed by atoms with Crippen molar-refractivity contribution >= 4 is 51.8 Å². The fraction of sp³-hybridized carbons (Fsp3) is 0.429. The van der Waals surface area contributed by atoms with E-state index >= 15 is 0 Å². The lowest BCUT2D eigenvalue weighted by atomic mass is 10.1. The van der Waals surface area contributed by atoms with E-state index in [0.717, 1.165) is 54.9 Å². The van der Waals surface area contributed by atoms with Crippen molar-refractivity contribution in [3.63, 3.8) is 0 Å². The van der Waals surface area contributed by atoms with Crippen LogP contribution in [-0.4, -0.2) is 72.8 Å². The van der Waals surface area contributed by atoms with Crippen molar-refractivity contribution in [2.75, 3.05) is 46.4 Å². The monoisotopic (exact) mass is 435 g/mol. The third-order valence-electron chi connectivity index (χ3n) is 5.15. The van der Waals surface area contributed by atoms with Crippen molar-refractivity contribution in [2.45, 2.75) is 6.92 Å². The molecule has 1 aromatic heterocycles. The molecular formula is C21H27Cl2N5O. The Kier molecular flexibility index (Phi) is 7.35. The molecule has 0 saturated carbocycles. The Bertz CT molecular complexity index is 938. The average Bonchev–Trinajstić information content (AvgIpc) is 3.03. The molecule has 156 valence electrons. The zero-order chi connectivity index (χ0) is 21.0. The standard InChI is InChI=1S/C21H27Cl2N5O/c1-15(22)20(25-21(23)24-2)18-14-27(4)19-13-16(5-6-17(18)19)29-12-11-28-9-7-26(3)8-10-28/h5-6,13-14H,2,7-12H2,1,3-4H3/b20-15+,25-21?. The summed E-state index contributed by atoms with van der Waals surface area (Å²) in [4.78, 5) is 12.7. The number of allylic oxidation sites excluding steroid dienone is 1. The predicted octanol–water partition coefficient (Wildman–Crippen LogP) is 4.03. The van der Waals surface area contributed by atoms with Crippen LogP contribution in [0.15, 0.2) is 39.4 Å². The van der Waals surface area contributed by atoms with Crippen LogP contribution >= 0.6 is 23.2 Å². The number of rotatable bonds is 6. The van der Waals surface area contributed by atoms with Gasteiger partial charge in [-0.3, -0.25) is 4.90 Å². The number of aliphatic imine (C=N–C) groups is 2. The molecule has 1 aromatic carbocycles. The van der Waals surface area contributed by atoms with Crippen molar-refractivity contribution < 1.29 is 4.74 Å². The van der Waals surface area contributed by atoms with Gasteiger partial charge in [-0.1, -0.05) is 11.6 Å². The van der Waals surface area contributed by atoms with Gasteiger partial charge in [-0.25, -0.2) is 9.98 Å². The summed E-state index contributed by atoms with van der Waals surface area (Å²) in [5.74, 6) is 0.849. The molecule has 1 aliphatic rings. The quantitative estimate of drug-likeness (QED) is 0.390. The van der Waals surface area contributed by atoms with Gasteiger partial charge >= 0.3 is 0 Å². The largest absolute Gasteiger partial charge is 0.492 e. The minimum atomic E-state index is 0.0564. The summed E-state index contributed by atoms with van der Waals surface area (Å²) < 4.78 is 8.05. The van der Waals surface area contributed by atoms with Gasteiger partial charge in [0.05, 0.1) is 11.2 Å². The number of piperazine rings is 1. The molecule has 2 heterocycles. The molecule has 0 atom stereocenters. The van der Waals surface area contributed by atoms with Crippen LogP contribution in [0.4, 0.5) is 0 Å². The molecule has 0 aliphatic carbocycles. The zero-order valence-corrected chi connectivity index (χ0v) is 18.7. The number of aromatic nitrogens is 1. The molecule has 0 N–H and O–H groups in total. The third-order valence-corrected chi connectivity index (χ3v) is 5.53. The van der Waals surface area contributed by atoms with Crippen LogP contribution in [-0.2, 0) is 7.05 Å². The SMILES string of the molecule is C=NC(Cl)=N/C(=C(\C)Cl)c1cn(C)c2cc(OCCN3CCN(C)CC3)ccc12. The van der Waals surface area contributed by atoms with E-state index in [2.05, 4.69) is 33.5 Å². The van der Waals surface area contributed by atoms with Crippen molar-refractivity contribution in [3.05, 3.63) is 35.0 Å². The van der Waals surface area contributed by atoms with Gasteiger partial charge in [-0.2, -0.15) is 0 Å². The maximum atomic E-state index is 6.28. The second kappa shape index (κ2) is 9.76. The van der Waals surface area contributed by atoms with E-state index in [-0.39, 0.29) is 5.29 Å². The Hall–Kier alpha value is -1.86. The number of aryl methyl sites for hydroxylation is 1. The summed E-state index contributed by atoms with van der Waals surface area (Å²) in [5, 5.41) is 1.61. The van der Waals surface area contributed by atoms with Crippen LogP contribution in [0, 0.1) is 0 Å². The van der Waals surface area contributed by atoms with Gasteiger partial charge in [0.1, 0.15) is 12.4 Å². The first-order valence-corrected chi connectivity index (χ1v) is 10.3. The molecule has 0 bridgehead atoms. The molecule has 1 fully saturated rings. The lowest BCUT2D eigenvalue weighted by Gasteiger charge is -2.32. The normalized spacial score (nSPS) is 17.5. The van der Waals surface area contributed by atoms with Crippen LogP contribution in [0.5, 0.6) is 5.75 Å². The summed E-state index contributed by atoms with van der Waals surface area (Å²) in [7, 11) is 4.15. The van der Waals surface area contributed by atoms with Gasteiger partial charge in [-0.15, -0.1) is 0 Å². The minimum Gasteiger partial charge on any atom is -0.492 e. The molecule has 0 spiro atoms. The second-order valence-corrected chi connectivity index (χ2v) is 8.15. The number of halogens is 2. The van der Waals surface area contributed by atoms with E-state index in [4.69, 9.17) is 27.9 Å². The molecule has 8 heteroatoms. The van der Waals surface area contributed by atoms with Crippen LogP contribution in [0.3, 0.4) is 0 Å². The van der Waals surface area contributed by atoms with Gasteiger partial charge in [0.2, 0.25) is 5.29 Å². The maximum absolute atomic E-state index is 6.28. The van der Waals surface area contributed by atoms with Crippen molar-refractivity contribution in [1.29, 1.82) is 0 Å². The van der Waals surface area contributed by atoms with E-state index in [9.17, 15) is 0 Å². The van der Waals surface area contributed by atoms with Gasteiger partial charge in [0, 0.05) is 68.0 Å². The van der Waals surface area contributed by atoms with Gasteiger partial charge in [0.15, 0.2) is 0 Å². The Morgan fingerprint density at radius 3 is 2.55 bits per heavy atom. The van der Waals surface area contributed by atoms with E-state index in [1.807, 2.05) is 36.0 Å². The Labute approximate surface area is 182 Å². The van der Waals surface area contributed by atoms with E-state index in [1.165, 1.54) is 0 Å². The average molecular weight is 436 g/mol. The van der Waals surface area contributed by atoms with Gasteiger partial charge in [-0.05, 0) is 44.4 Å². The number of hydrogen-bond donors (Lipinski definition) is 0. The van der Waals surface area contributed by atoms with Crippen molar-refractivity contribution in [1.82, 2.24) is 14.4 Å². The molecule has 3 rings (SSSR count). The van der Waals surface area contributed by atoms with Crippen molar-refractivity contribution in [2.24, 2.45) is 17.0 Å². The molecular weight excluding hydrogens is 409 g/mol. The number of ether oxygens (including phenoxy) is 1. The number of likely N-dealkylation sites (N-methyl/N-ethyl adjacent to an activating group) is 1. The molecule has 1 saturated heterocycles. The number of amidine groups is 1. The zero-order valence-electron chi connectivity index (χ0n) is 17.2. The first-order valence-electron chi connectivity index (χ1n) is 9.59. The third kappa shape index (κ3) is 5.39. The summed E-state index contributed by atoms with van der Waals surface area (Å²) >= 11 is 12.2. The molecule has 2 aromatic rings. The lowest BCUT2D eigenvalue weighted by molar-refractivity contribution is 0.134. The smallest absolute Gasteiger partial charge is 0.222 e. The van der Waals surface area contributed by atoms with Crippen LogP contribution in [0.25, 0.3) is 16.6 Å². The second-order valence-electron chi connectivity index (χ2n) is 7.25. The van der Waals surface area contributed by atoms with Gasteiger partial charge < -0.3 is 14.2 Å². The molecule has 6 nitrogen and oxygen atoms in total. The van der Waals surface area contributed by atoms with Crippen molar-refractivity contribution in [3.8, 4) is 5.75 Å². The summed E-state index contributed by atoms with van der Waals surface area (Å²) in [6, 6.07) is 6.05. The molecule has 0 amide bonds. The number of benzene rings is 1. The maximum Gasteiger partial charge on any atom is 0.222 e.